The van der Waals surface area contributed by atoms with Crippen molar-refractivity contribution >= 4 is 17.7 Å². The smallest absolute Gasteiger partial charge is 0.262 e. The lowest BCUT2D eigenvalue weighted by molar-refractivity contribution is -0.0428. The molecule has 1 aromatic carbocycles. The van der Waals surface area contributed by atoms with Gasteiger partial charge in [0.2, 0.25) is 0 Å². The summed E-state index contributed by atoms with van der Waals surface area (Å²) in [4.78, 5) is 5.35. The third-order valence-corrected chi connectivity index (χ3v) is 4.75. The summed E-state index contributed by atoms with van der Waals surface area (Å²) >= 11 is 1.73. The van der Waals surface area contributed by atoms with E-state index in [9.17, 15) is 0 Å². The highest BCUT2D eigenvalue weighted by Gasteiger charge is 2.31. The van der Waals surface area contributed by atoms with Crippen LogP contribution in [-0.4, -0.2) is 27.9 Å². The zero-order valence-electron chi connectivity index (χ0n) is 13.9. The molecule has 1 aliphatic heterocycles. The van der Waals surface area contributed by atoms with Crippen molar-refractivity contribution in [2.45, 2.75) is 37.2 Å². The number of aryl methyl sites for hydroxylation is 2. The van der Waals surface area contributed by atoms with Crippen LogP contribution in [0.5, 0.6) is 0 Å². The summed E-state index contributed by atoms with van der Waals surface area (Å²) in [5, 5.41) is 9.67. The molecule has 5 nitrogen and oxygen atoms in total. The number of thioether (sulfide) groups is 1. The first-order chi connectivity index (χ1) is 11.0. The van der Waals surface area contributed by atoms with Gasteiger partial charge in [-0.2, -0.15) is 5.10 Å². The predicted octanol–water partition coefficient (Wildman–Crippen LogP) is 3.51. The molecule has 0 saturated carbocycles. The van der Waals surface area contributed by atoms with Crippen molar-refractivity contribution in [1.82, 2.24) is 9.78 Å². The quantitative estimate of drug-likeness (QED) is 0.805. The minimum Gasteiger partial charge on any atom is -0.465 e. The van der Waals surface area contributed by atoms with E-state index < -0.39 is 0 Å². The number of aromatic nitrogens is 2. The lowest BCUT2D eigenvalue weighted by Gasteiger charge is -2.29. The van der Waals surface area contributed by atoms with Gasteiger partial charge in [0.1, 0.15) is 10.6 Å². The van der Waals surface area contributed by atoms with Crippen LogP contribution in [0.15, 0.2) is 40.5 Å². The monoisotopic (exact) mass is 331 g/mol. The molecule has 6 heteroatoms. The van der Waals surface area contributed by atoms with Gasteiger partial charge < -0.3 is 9.57 Å². The van der Waals surface area contributed by atoms with Gasteiger partial charge in [0.15, 0.2) is 6.61 Å². The number of oxime groups is 1. The van der Waals surface area contributed by atoms with Gasteiger partial charge in [-0.15, -0.1) is 11.8 Å². The van der Waals surface area contributed by atoms with E-state index in [4.69, 9.17) is 9.57 Å². The van der Waals surface area contributed by atoms with Crippen LogP contribution in [0.25, 0.3) is 0 Å². The molecule has 23 heavy (non-hydrogen) atoms. The highest BCUT2D eigenvalue weighted by atomic mass is 32.2. The predicted molar refractivity (Wildman–Crippen MR) is 91.6 cm³/mol. The van der Waals surface area contributed by atoms with E-state index >= 15 is 0 Å². The fraction of sp³-hybridized carbons (Fsp3) is 0.412. The molecule has 0 radical (unpaired) electrons. The molecule has 2 aromatic rings. The zero-order valence-corrected chi connectivity index (χ0v) is 14.7. The van der Waals surface area contributed by atoms with E-state index in [-0.39, 0.29) is 5.60 Å². The Hall–Kier alpha value is -1.95. The Labute approximate surface area is 140 Å². The maximum Gasteiger partial charge on any atom is 0.262 e. The Morgan fingerprint density at radius 1 is 1.26 bits per heavy atom. The molecule has 0 saturated heterocycles. The number of benzene rings is 1. The average molecular weight is 331 g/mol. The first kappa shape index (κ1) is 15.9. The molecule has 0 aliphatic carbocycles. The summed E-state index contributed by atoms with van der Waals surface area (Å²) in [7, 11) is 1.94. The lowest BCUT2D eigenvalue weighted by atomic mass is 10.1. The third-order valence-electron chi connectivity index (χ3n) is 3.53. The molecule has 0 fully saturated rings. The summed E-state index contributed by atoms with van der Waals surface area (Å²) in [6, 6.07) is 10.4. The van der Waals surface area contributed by atoms with Gasteiger partial charge in [0.25, 0.3) is 5.90 Å². The van der Waals surface area contributed by atoms with Crippen LogP contribution in [0.1, 0.15) is 30.7 Å². The highest BCUT2D eigenvalue weighted by molar-refractivity contribution is 7.98. The molecule has 122 valence electrons. The largest absolute Gasteiger partial charge is 0.465 e. The SMILES string of the molecule is Cc1nn(C)c(SCc2ccccc2)c1C1=NOCC(C)(C)O1. The van der Waals surface area contributed by atoms with E-state index in [1.807, 2.05) is 38.6 Å². The van der Waals surface area contributed by atoms with Crippen molar-refractivity contribution in [3.63, 3.8) is 0 Å². The van der Waals surface area contributed by atoms with Gasteiger partial charge in [-0.05, 0) is 31.5 Å². The molecule has 0 N–H and O–H groups in total. The van der Waals surface area contributed by atoms with Gasteiger partial charge in [-0.1, -0.05) is 30.3 Å². The van der Waals surface area contributed by atoms with Crippen LogP contribution in [0.3, 0.4) is 0 Å². The molecule has 0 unspecified atom stereocenters. The second kappa shape index (κ2) is 6.28. The molecule has 3 rings (SSSR count). The van der Waals surface area contributed by atoms with Crippen molar-refractivity contribution in [3.05, 3.63) is 47.2 Å². The topological polar surface area (TPSA) is 48.6 Å². The normalized spacial score (nSPS) is 16.4. The standard InChI is InChI=1S/C17H21N3O2S/c1-12-14(15-19-21-11-17(2,3)22-15)16(20(4)18-12)23-10-13-8-6-5-7-9-13/h5-9H,10-11H2,1-4H3. The zero-order chi connectivity index (χ0) is 16.4. The molecule has 0 atom stereocenters. The van der Waals surface area contributed by atoms with Crippen molar-refractivity contribution in [3.8, 4) is 0 Å². The molecule has 0 spiro atoms. The van der Waals surface area contributed by atoms with Crippen LogP contribution in [0.4, 0.5) is 0 Å². The van der Waals surface area contributed by atoms with E-state index in [1.165, 1.54) is 5.56 Å². The summed E-state index contributed by atoms with van der Waals surface area (Å²) in [5.41, 5.74) is 2.69. The Kier molecular flexibility index (Phi) is 4.35. The third kappa shape index (κ3) is 3.52. The average Bonchev–Trinajstić information content (AvgIpc) is 2.79. The van der Waals surface area contributed by atoms with Gasteiger partial charge in [0.05, 0.1) is 11.3 Å². The minimum absolute atomic E-state index is 0.388. The highest BCUT2D eigenvalue weighted by Crippen LogP contribution is 2.31. The summed E-state index contributed by atoms with van der Waals surface area (Å²) in [5.74, 6) is 1.38. The van der Waals surface area contributed by atoms with E-state index in [0.29, 0.717) is 12.5 Å². The lowest BCUT2D eigenvalue weighted by Crippen LogP contribution is -2.37. The van der Waals surface area contributed by atoms with Crippen molar-refractivity contribution < 1.29 is 9.57 Å². The number of nitrogens with zero attached hydrogens (tertiary/aromatic N) is 3. The van der Waals surface area contributed by atoms with Crippen LogP contribution in [-0.2, 0) is 22.4 Å². The van der Waals surface area contributed by atoms with E-state index in [2.05, 4.69) is 34.5 Å². The molecule has 0 bridgehead atoms. The maximum absolute atomic E-state index is 6.01. The Bertz CT molecular complexity index is 723. The second-order valence-electron chi connectivity index (χ2n) is 6.20. The number of hydrogen-bond acceptors (Lipinski definition) is 5. The number of hydrogen-bond donors (Lipinski definition) is 0. The Morgan fingerprint density at radius 3 is 2.70 bits per heavy atom. The fourth-order valence-corrected chi connectivity index (χ4v) is 3.53. The van der Waals surface area contributed by atoms with Gasteiger partial charge >= 0.3 is 0 Å². The Morgan fingerprint density at radius 2 is 2.00 bits per heavy atom. The molecular formula is C17H21N3O2S. The molecule has 0 amide bonds. The first-order valence-electron chi connectivity index (χ1n) is 7.56. The van der Waals surface area contributed by atoms with Crippen LogP contribution < -0.4 is 0 Å². The summed E-state index contributed by atoms with van der Waals surface area (Å²) < 4.78 is 7.89. The van der Waals surface area contributed by atoms with E-state index in [0.717, 1.165) is 22.0 Å². The fourth-order valence-electron chi connectivity index (χ4n) is 2.43. The van der Waals surface area contributed by atoms with Gasteiger partial charge in [-0.25, -0.2) is 0 Å². The Balaban J connectivity index is 1.88. The molecular weight excluding hydrogens is 310 g/mol. The van der Waals surface area contributed by atoms with Crippen molar-refractivity contribution in [1.29, 1.82) is 0 Å². The molecule has 2 heterocycles. The first-order valence-corrected chi connectivity index (χ1v) is 8.54. The summed E-state index contributed by atoms with van der Waals surface area (Å²) in [6.07, 6.45) is 0. The van der Waals surface area contributed by atoms with Crippen LogP contribution in [0.2, 0.25) is 0 Å². The number of rotatable bonds is 4. The van der Waals surface area contributed by atoms with Gasteiger partial charge in [0, 0.05) is 12.8 Å². The van der Waals surface area contributed by atoms with Gasteiger partial charge in [-0.3, -0.25) is 4.68 Å². The van der Waals surface area contributed by atoms with Crippen molar-refractivity contribution in [2.24, 2.45) is 12.2 Å². The molecule has 1 aromatic heterocycles. The van der Waals surface area contributed by atoms with E-state index in [1.54, 1.807) is 11.8 Å². The maximum atomic E-state index is 6.01. The number of ether oxygens (including phenoxy) is 1. The summed E-state index contributed by atoms with van der Waals surface area (Å²) in [6.45, 7) is 6.39. The minimum atomic E-state index is -0.388. The van der Waals surface area contributed by atoms with Crippen molar-refractivity contribution in [2.75, 3.05) is 6.61 Å². The molecule has 1 aliphatic rings. The van der Waals surface area contributed by atoms with Crippen LogP contribution in [0, 0.1) is 6.92 Å². The second-order valence-corrected chi connectivity index (χ2v) is 7.16. The van der Waals surface area contributed by atoms with Crippen LogP contribution >= 0.6 is 11.8 Å².